The van der Waals surface area contributed by atoms with Gasteiger partial charge in [0.05, 0.1) is 56.2 Å². The summed E-state index contributed by atoms with van der Waals surface area (Å²) in [6.45, 7) is 0.425. The molecule has 0 radical (unpaired) electrons. The van der Waals surface area contributed by atoms with Gasteiger partial charge in [-0.3, -0.25) is 67.3 Å². The summed E-state index contributed by atoms with van der Waals surface area (Å²) in [4.78, 5) is 196. The second-order valence-corrected chi connectivity index (χ2v) is 19.3. The molecule has 34 nitrogen and oxygen atoms in total. The number of aromatic carboxylic acids is 1. The van der Waals surface area contributed by atoms with E-state index in [1.54, 1.807) is 29.8 Å². The van der Waals surface area contributed by atoms with Gasteiger partial charge in [0.1, 0.15) is 42.3 Å². The number of nitrogens with one attached hydrogen (secondary N) is 7. The molecule has 3 aromatic rings. The molecule has 1 aromatic carbocycles. The number of aliphatic carboxylic acids is 7. The van der Waals surface area contributed by atoms with E-state index in [4.69, 9.17) is 10.5 Å². The number of rotatable bonds is 41. The van der Waals surface area contributed by atoms with Gasteiger partial charge in [-0.1, -0.05) is 31.7 Å². The summed E-state index contributed by atoms with van der Waals surface area (Å²) in [6.07, 6.45) is -1.10. The molecule has 0 unspecified atom stereocenters. The summed E-state index contributed by atoms with van der Waals surface area (Å²) >= 11 is 0. The normalized spacial score (nSPS) is 13.4. The average Bonchev–Trinajstić information content (AvgIpc) is 0.908. The van der Waals surface area contributed by atoms with Crippen LogP contribution in [0.3, 0.4) is 0 Å². The number of amides is 7. The first-order valence-electron chi connectivity index (χ1n) is 26.5. The molecule has 2 aromatic heterocycles. The van der Waals surface area contributed by atoms with Crippen molar-refractivity contribution in [3.63, 3.8) is 0 Å². The number of ether oxygens (including phenoxy) is 1. The van der Waals surface area contributed by atoms with Gasteiger partial charge in [-0.2, -0.15) is 0 Å². The third-order valence-corrected chi connectivity index (χ3v) is 12.5. The molecule has 34 heteroatoms. The van der Waals surface area contributed by atoms with E-state index in [0.717, 1.165) is 5.39 Å². The first-order chi connectivity index (χ1) is 40.6. The number of hydrogen-bond donors (Lipinski definition) is 16. The van der Waals surface area contributed by atoms with Crippen LogP contribution in [0, 0.1) is 0 Å². The third kappa shape index (κ3) is 24.4. The zero-order valence-corrected chi connectivity index (χ0v) is 45.8. The second-order valence-electron chi connectivity index (χ2n) is 19.3. The van der Waals surface area contributed by atoms with Gasteiger partial charge >= 0.3 is 47.8 Å². The van der Waals surface area contributed by atoms with Crippen molar-refractivity contribution >= 4 is 111 Å². The van der Waals surface area contributed by atoms with E-state index >= 15 is 0 Å². The van der Waals surface area contributed by atoms with Crippen molar-refractivity contribution in [1.82, 2.24) is 47.2 Å². The van der Waals surface area contributed by atoms with Crippen molar-refractivity contribution in [3.05, 3.63) is 42.2 Å². The average molecular weight is 1220 g/mol. The minimum atomic E-state index is -2.37. The minimum absolute atomic E-state index is 0.0491. The number of hydrogen-bond acceptors (Lipinski definition) is 19. The molecule has 0 aliphatic heterocycles. The Bertz CT molecular complexity index is 3030. The lowest BCUT2D eigenvalue weighted by atomic mass is 10.1. The van der Waals surface area contributed by atoms with E-state index in [1.807, 2.05) is 26.6 Å². The highest BCUT2D eigenvalue weighted by Crippen LogP contribution is 2.31. The standard InChI is InChI=1S/C52H66N10O24/c53-14-7-6-9-29(52(84)85)56-45(77)32(19-39(66)67)58-47(79)34(21-41(70)71)60-49(81)36(23-43(74)75)61-48(80)35(22-42(72)73)59-46(78)33(20-40(68)69)57-44(76)31(18-38(64)65)55-37(63)10-5-3-1-2-4-8-16-86-50-27-13-15-54-24-28(27)26-12-11-25(51(82)83)17-30(26)62-50/h11-13,15,17,24,29,31-36H,1-10,14,16,18-23,53H2,(H,55,63)(H,56,77)(H,57,76)(H,58,79)(H,59,78)(H,60,81)(H,61,80)(H,64,65)(H,66,67)(H,68,69)(H,70,71)(H,72,73)(H,74,75)(H,82,83)(H,84,85)/t29-,31-,32-,33-,34-,35-,36-/m0/s1. The van der Waals surface area contributed by atoms with E-state index in [9.17, 15) is 113 Å². The highest BCUT2D eigenvalue weighted by Gasteiger charge is 2.37. The number of pyridine rings is 2. The van der Waals surface area contributed by atoms with Gasteiger partial charge in [-0.25, -0.2) is 14.6 Å². The number of aromatic nitrogens is 2. The molecule has 17 N–H and O–H groups in total. The topological polar surface area (TPSA) is 563 Å². The van der Waals surface area contributed by atoms with Crippen LogP contribution >= 0.6 is 0 Å². The largest absolute Gasteiger partial charge is 0.481 e. The number of benzene rings is 1. The smallest absolute Gasteiger partial charge is 0.335 e. The van der Waals surface area contributed by atoms with E-state index in [2.05, 4.69) is 15.3 Å². The SMILES string of the molecule is NCCCC[C@H](NC(=O)[C@H](CC(=O)O)NC(=O)[C@H](CC(=O)O)NC(=O)[C@H](CC(=O)O)NC(=O)[C@H](CC(=O)O)NC(=O)[C@H](CC(=O)O)NC(=O)[C@H](CC(=O)O)NC(=O)CCCCCCCCOc1nc2cc(C(=O)O)ccc2c2cnccc12)C(=O)O. The molecule has 7 atom stereocenters. The number of nitrogens with two attached hydrogens (primary N) is 1. The molecule has 3 rings (SSSR count). The number of fused-ring (bicyclic) bond motifs is 3. The molecule has 0 saturated carbocycles. The Kier molecular flexibility index (Phi) is 28.6. The van der Waals surface area contributed by atoms with Gasteiger partial charge in [-0.15, -0.1) is 0 Å². The maximum Gasteiger partial charge on any atom is 0.335 e. The van der Waals surface area contributed by atoms with Gasteiger partial charge in [0.25, 0.3) is 0 Å². The predicted molar refractivity (Wildman–Crippen MR) is 289 cm³/mol. The van der Waals surface area contributed by atoms with E-state index in [1.165, 1.54) is 12.1 Å². The van der Waals surface area contributed by atoms with E-state index < -0.39 is 170 Å². The van der Waals surface area contributed by atoms with Gasteiger partial charge in [0, 0.05) is 35.0 Å². The van der Waals surface area contributed by atoms with Crippen LogP contribution in [0.25, 0.3) is 21.7 Å². The molecule has 0 spiro atoms. The maximum absolute atomic E-state index is 13.6. The Hall–Kier alpha value is -10.2. The number of carboxylic acids is 8. The van der Waals surface area contributed by atoms with Crippen LogP contribution in [0.2, 0.25) is 0 Å². The summed E-state index contributed by atoms with van der Waals surface area (Å²) in [5.41, 5.74) is 5.87. The van der Waals surface area contributed by atoms with Crippen LogP contribution in [-0.2, 0) is 67.1 Å². The zero-order chi connectivity index (χ0) is 64.2. The number of carbonyl (C=O) groups excluding carboxylic acids is 7. The van der Waals surface area contributed by atoms with Crippen LogP contribution in [0.5, 0.6) is 5.88 Å². The molecular formula is C52H66N10O24. The van der Waals surface area contributed by atoms with E-state index in [-0.39, 0.29) is 44.4 Å². The fourth-order valence-corrected chi connectivity index (χ4v) is 8.28. The van der Waals surface area contributed by atoms with Crippen LogP contribution < -0.4 is 47.7 Å². The summed E-state index contributed by atoms with van der Waals surface area (Å²) in [5, 5.41) is 91.9. The molecule has 0 aliphatic rings. The summed E-state index contributed by atoms with van der Waals surface area (Å²) in [6, 6.07) is -8.66. The number of unbranched alkanes of at least 4 members (excludes halogenated alkanes) is 6. The lowest BCUT2D eigenvalue weighted by Crippen LogP contribution is -2.61. The summed E-state index contributed by atoms with van der Waals surface area (Å²) in [5.74, 6) is -23.3. The van der Waals surface area contributed by atoms with Crippen molar-refractivity contribution in [2.75, 3.05) is 13.2 Å². The molecule has 0 bridgehead atoms. The molecule has 7 amide bonds. The van der Waals surface area contributed by atoms with E-state index in [0.29, 0.717) is 60.7 Å². The highest BCUT2D eigenvalue weighted by atomic mass is 16.5. The highest BCUT2D eigenvalue weighted by molar-refractivity contribution is 6.09. The lowest BCUT2D eigenvalue weighted by molar-refractivity contribution is -0.145. The maximum atomic E-state index is 13.6. The molecule has 2 heterocycles. The monoisotopic (exact) mass is 1210 g/mol. The number of nitrogens with zero attached hydrogens (tertiary/aromatic N) is 2. The molecule has 0 saturated heterocycles. The first-order valence-corrected chi connectivity index (χ1v) is 26.5. The van der Waals surface area contributed by atoms with Gasteiger partial charge < -0.3 is 88.5 Å². The first kappa shape index (κ1) is 70.1. The molecule has 86 heavy (non-hydrogen) atoms. The van der Waals surface area contributed by atoms with Crippen LogP contribution in [0.15, 0.2) is 36.7 Å². The number of carboxylic acid groups (broad SMARTS) is 8. The number of carbonyl (C=O) groups is 15. The third-order valence-electron chi connectivity index (χ3n) is 12.5. The van der Waals surface area contributed by atoms with Crippen molar-refractivity contribution in [2.45, 2.75) is 145 Å². The van der Waals surface area contributed by atoms with Gasteiger partial charge in [0.15, 0.2) is 0 Å². The molecule has 468 valence electrons. The Morgan fingerprint density at radius 1 is 0.442 bits per heavy atom. The molecule has 0 aliphatic carbocycles. The van der Waals surface area contributed by atoms with Crippen molar-refractivity contribution in [3.8, 4) is 5.88 Å². The Morgan fingerprint density at radius 2 is 0.837 bits per heavy atom. The zero-order valence-electron chi connectivity index (χ0n) is 45.8. The van der Waals surface area contributed by atoms with Crippen LogP contribution in [0.1, 0.15) is 113 Å². The Labute approximate surface area is 486 Å². The predicted octanol–water partition coefficient (Wildman–Crippen LogP) is -1.95. The fraction of sp³-hybridized carbons (Fsp3) is 0.481. The Balaban J connectivity index is 1.65. The van der Waals surface area contributed by atoms with Crippen LogP contribution in [0.4, 0.5) is 0 Å². The second kappa shape index (κ2) is 35.1. The Morgan fingerprint density at radius 3 is 1.23 bits per heavy atom. The summed E-state index contributed by atoms with van der Waals surface area (Å²) in [7, 11) is 0. The summed E-state index contributed by atoms with van der Waals surface area (Å²) < 4.78 is 5.97. The van der Waals surface area contributed by atoms with Gasteiger partial charge in [-0.05, 0) is 56.8 Å². The van der Waals surface area contributed by atoms with Crippen molar-refractivity contribution in [2.24, 2.45) is 5.73 Å². The van der Waals surface area contributed by atoms with Crippen molar-refractivity contribution in [1.29, 1.82) is 0 Å². The minimum Gasteiger partial charge on any atom is -0.481 e. The van der Waals surface area contributed by atoms with Gasteiger partial charge in [0.2, 0.25) is 47.2 Å². The molecular weight excluding hydrogens is 1150 g/mol. The quantitative estimate of drug-likeness (QED) is 0.0217. The lowest BCUT2D eigenvalue weighted by Gasteiger charge is -2.26. The molecule has 0 fully saturated rings. The van der Waals surface area contributed by atoms with Crippen molar-refractivity contribution < 1.29 is 118 Å². The fourth-order valence-electron chi connectivity index (χ4n) is 8.28. The van der Waals surface area contributed by atoms with Crippen LogP contribution in [-0.4, -0.2) is 195 Å².